The summed E-state index contributed by atoms with van der Waals surface area (Å²) >= 11 is 12.8. The maximum absolute atomic E-state index is 13.0. The van der Waals surface area contributed by atoms with E-state index >= 15 is 0 Å². The molecule has 2 aromatic carbocycles. The predicted molar refractivity (Wildman–Crippen MR) is 149 cm³/mol. The minimum atomic E-state index is 0.197. The highest BCUT2D eigenvalue weighted by molar-refractivity contribution is 6.39. The van der Waals surface area contributed by atoms with Crippen LogP contribution in [0.15, 0.2) is 30.3 Å². The number of anilines is 1. The average molecular weight is 530 g/mol. The first-order chi connectivity index (χ1) is 17.3. The van der Waals surface area contributed by atoms with Gasteiger partial charge in [0.15, 0.2) is 0 Å². The fourth-order valence-electron chi connectivity index (χ4n) is 6.02. The maximum Gasteiger partial charge on any atom is 0.225 e. The van der Waals surface area contributed by atoms with Crippen molar-refractivity contribution in [2.45, 2.75) is 39.2 Å². The first kappa shape index (κ1) is 25.8. The van der Waals surface area contributed by atoms with Crippen LogP contribution in [0.3, 0.4) is 0 Å². The Bertz CT molecular complexity index is 1060. The van der Waals surface area contributed by atoms with Crippen molar-refractivity contribution in [1.29, 1.82) is 0 Å². The zero-order valence-electron chi connectivity index (χ0n) is 21.8. The molecular weight excluding hydrogens is 491 g/mol. The second-order valence-corrected chi connectivity index (χ2v) is 11.8. The van der Waals surface area contributed by atoms with Gasteiger partial charge in [0.05, 0.1) is 15.7 Å². The standard InChI is InChI=1S/C29H38Cl2N4O/c1-20-15-23(24-17-35(18-24)28-26(30)5-4-6-27(28)31)16-21(2)25(20)19-33-9-7-22(8-10-33)29(36)34-13-11-32(3)12-14-34/h4-6,15-16,22,24H,7-14,17-19H2,1-3H3. The van der Waals surface area contributed by atoms with Crippen LogP contribution in [0.1, 0.15) is 41.0 Å². The summed E-state index contributed by atoms with van der Waals surface area (Å²) in [7, 11) is 2.13. The average Bonchev–Trinajstić information content (AvgIpc) is 2.83. The van der Waals surface area contributed by atoms with E-state index in [0.717, 1.165) is 87.5 Å². The van der Waals surface area contributed by atoms with Gasteiger partial charge in [0.1, 0.15) is 0 Å². The van der Waals surface area contributed by atoms with E-state index in [1.54, 1.807) is 0 Å². The van der Waals surface area contributed by atoms with E-state index in [-0.39, 0.29) is 5.92 Å². The number of amides is 1. The van der Waals surface area contributed by atoms with Crippen molar-refractivity contribution in [2.24, 2.45) is 5.92 Å². The Balaban J connectivity index is 1.16. The highest BCUT2D eigenvalue weighted by Crippen LogP contribution is 2.40. The van der Waals surface area contributed by atoms with Gasteiger partial charge in [-0.15, -0.1) is 0 Å². The second-order valence-electron chi connectivity index (χ2n) is 11.0. The van der Waals surface area contributed by atoms with E-state index < -0.39 is 0 Å². The van der Waals surface area contributed by atoms with Crippen molar-refractivity contribution >= 4 is 34.8 Å². The van der Waals surface area contributed by atoms with Crippen LogP contribution in [0.2, 0.25) is 10.0 Å². The van der Waals surface area contributed by atoms with Crippen LogP contribution < -0.4 is 4.90 Å². The molecule has 1 amide bonds. The molecule has 0 aromatic heterocycles. The smallest absolute Gasteiger partial charge is 0.225 e. The number of piperidine rings is 1. The maximum atomic E-state index is 13.0. The van der Waals surface area contributed by atoms with Gasteiger partial charge in [-0.1, -0.05) is 41.4 Å². The quantitative estimate of drug-likeness (QED) is 0.533. The Kier molecular flexibility index (Phi) is 7.83. The van der Waals surface area contributed by atoms with Crippen molar-refractivity contribution in [1.82, 2.24) is 14.7 Å². The molecule has 0 aliphatic carbocycles. The SMILES string of the molecule is Cc1cc(C2CN(c3c(Cl)cccc3Cl)C2)cc(C)c1CN1CCC(C(=O)N2CCN(C)CC2)CC1. The third kappa shape index (κ3) is 5.40. The predicted octanol–water partition coefficient (Wildman–Crippen LogP) is 5.20. The molecule has 36 heavy (non-hydrogen) atoms. The minimum absolute atomic E-state index is 0.197. The molecule has 3 saturated heterocycles. The molecule has 0 bridgehead atoms. The molecule has 0 N–H and O–H groups in total. The molecule has 5 nitrogen and oxygen atoms in total. The van der Waals surface area contributed by atoms with Gasteiger partial charge >= 0.3 is 0 Å². The molecule has 3 fully saturated rings. The molecule has 3 heterocycles. The summed E-state index contributed by atoms with van der Waals surface area (Å²) in [6.45, 7) is 13.1. The lowest BCUT2D eigenvalue weighted by atomic mass is 9.86. The van der Waals surface area contributed by atoms with Gasteiger partial charge in [0, 0.05) is 57.6 Å². The van der Waals surface area contributed by atoms with Crippen molar-refractivity contribution < 1.29 is 4.79 Å². The number of aryl methyl sites for hydroxylation is 2. The first-order valence-corrected chi connectivity index (χ1v) is 14.0. The van der Waals surface area contributed by atoms with Gasteiger partial charge in [-0.05, 0) is 81.2 Å². The molecule has 3 aliphatic rings. The van der Waals surface area contributed by atoms with Gasteiger partial charge in [0.25, 0.3) is 0 Å². The van der Waals surface area contributed by atoms with E-state index in [1.807, 2.05) is 18.2 Å². The van der Waals surface area contributed by atoms with Gasteiger partial charge in [-0.25, -0.2) is 0 Å². The molecule has 0 atom stereocenters. The van der Waals surface area contributed by atoms with Crippen LogP contribution in [0.4, 0.5) is 5.69 Å². The van der Waals surface area contributed by atoms with Crippen molar-refractivity contribution in [3.63, 3.8) is 0 Å². The topological polar surface area (TPSA) is 30.0 Å². The third-order valence-corrected chi connectivity index (χ3v) is 9.07. The summed E-state index contributed by atoms with van der Waals surface area (Å²) in [4.78, 5) is 22.2. The summed E-state index contributed by atoms with van der Waals surface area (Å²) in [5.74, 6) is 1.08. The Hall–Kier alpha value is -1.79. The van der Waals surface area contributed by atoms with E-state index in [2.05, 4.69) is 52.6 Å². The number of benzene rings is 2. The molecule has 0 radical (unpaired) electrons. The molecule has 194 valence electrons. The summed E-state index contributed by atoms with van der Waals surface area (Å²) in [5.41, 5.74) is 6.54. The van der Waals surface area contributed by atoms with Crippen molar-refractivity contribution in [3.05, 3.63) is 62.6 Å². The molecule has 0 saturated carbocycles. The monoisotopic (exact) mass is 528 g/mol. The fraction of sp³-hybridized carbons (Fsp3) is 0.552. The first-order valence-electron chi connectivity index (χ1n) is 13.3. The van der Waals surface area contributed by atoms with Crippen LogP contribution in [0.5, 0.6) is 0 Å². The van der Waals surface area contributed by atoms with E-state index in [9.17, 15) is 4.79 Å². The highest BCUT2D eigenvalue weighted by atomic mass is 35.5. The molecule has 0 unspecified atom stereocenters. The summed E-state index contributed by atoms with van der Waals surface area (Å²) < 4.78 is 0. The Morgan fingerprint density at radius 1 is 0.917 bits per heavy atom. The largest absolute Gasteiger partial charge is 0.368 e. The summed E-state index contributed by atoms with van der Waals surface area (Å²) in [5, 5.41) is 1.44. The number of para-hydroxylation sites is 1. The molecule has 2 aromatic rings. The molecule has 3 aliphatic heterocycles. The van der Waals surface area contributed by atoms with Gasteiger partial charge in [-0.2, -0.15) is 0 Å². The second kappa shape index (κ2) is 10.9. The van der Waals surface area contributed by atoms with Crippen LogP contribution in [0, 0.1) is 19.8 Å². The molecular formula is C29H38Cl2N4O. The van der Waals surface area contributed by atoms with Crippen LogP contribution in [-0.2, 0) is 11.3 Å². The van der Waals surface area contributed by atoms with Crippen LogP contribution in [-0.4, -0.2) is 80.0 Å². The van der Waals surface area contributed by atoms with Gasteiger partial charge in [0.2, 0.25) is 5.91 Å². The lowest BCUT2D eigenvalue weighted by molar-refractivity contribution is -0.138. The lowest BCUT2D eigenvalue weighted by Crippen LogP contribution is -2.50. The number of hydrogen-bond donors (Lipinski definition) is 0. The Morgan fingerprint density at radius 2 is 1.50 bits per heavy atom. The number of likely N-dealkylation sites (tertiary alicyclic amines) is 1. The zero-order valence-corrected chi connectivity index (χ0v) is 23.3. The van der Waals surface area contributed by atoms with E-state index in [0.29, 0.717) is 11.8 Å². The fourth-order valence-corrected chi connectivity index (χ4v) is 6.66. The lowest BCUT2D eigenvalue weighted by Gasteiger charge is -2.42. The van der Waals surface area contributed by atoms with E-state index in [4.69, 9.17) is 23.2 Å². The number of carbonyl (C=O) groups is 1. The highest BCUT2D eigenvalue weighted by Gasteiger charge is 2.32. The number of nitrogens with zero attached hydrogens (tertiary/aromatic N) is 4. The van der Waals surface area contributed by atoms with Crippen LogP contribution >= 0.6 is 23.2 Å². The zero-order chi connectivity index (χ0) is 25.4. The minimum Gasteiger partial charge on any atom is -0.368 e. The van der Waals surface area contributed by atoms with Crippen molar-refractivity contribution in [3.8, 4) is 0 Å². The third-order valence-electron chi connectivity index (χ3n) is 8.46. The van der Waals surface area contributed by atoms with Gasteiger partial charge in [-0.3, -0.25) is 9.69 Å². The Morgan fingerprint density at radius 3 is 2.08 bits per heavy atom. The number of hydrogen-bond acceptors (Lipinski definition) is 4. The number of piperazine rings is 1. The number of halogens is 2. The summed E-state index contributed by atoms with van der Waals surface area (Å²) in [6.07, 6.45) is 1.95. The van der Waals surface area contributed by atoms with Crippen molar-refractivity contribution in [2.75, 3.05) is 64.3 Å². The number of carbonyl (C=O) groups excluding carboxylic acids is 1. The molecule has 7 heteroatoms. The number of rotatable bonds is 5. The normalized spacial score (nSPS) is 20.6. The molecule has 0 spiro atoms. The number of likely N-dealkylation sites (N-methyl/N-ethyl adjacent to an activating group) is 1. The molecule has 5 rings (SSSR count). The van der Waals surface area contributed by atoms with E-state index in [1.165, 1.54) is 22.3 Å². The van der Waals surface area contributed by atoms with Crippen LogP contribution in [0.25, 0.3) is 0 Å². The Labute approximate surface area is 225 Å². The summed E-state index contributed by atoms with van der Waals surface area (Å²) in [6, 6.07) is 10.5. The van der Waals surface area contributed by atoms with Gasteiger partial charge < -0.3 is 14.7 Å².